The molecule has 0 aliphatic heterocycles. The van der Waals surface area contributed by atoms with Crippen LogP contribution in [0.25, 0.3) is 29.0 Å². The van der Waals surface area contributed by atoms with Gasteiger partial charge in [-0.3, -0.25) is 19.3 Å². The molecule has 0 amide bonds. The van der Waals surface area contributed by atoms with Crippen LogP contribution in [0.15, 0.2) is 90.4 Å². The lowest BCUT2D eigenvalue weighted by molar-refractivity contribution is 0.0600. The zero-order valence-corrected chi connectivity index (χ0v) is 19.4. The van der Waals surface area contributed by atoms with Crippen LogP contribution >= 0.6 is 0 Å². The lowest BCUT2D eigenvalue weighted by Gasteiger charge is -2.12. The number of hydrogen-bond acceptors (Lipinski definition) is 7. The lowest BCUT2D eigenvalue weighted by Crippen LogP contribution is -2.25. The monoisotopic (exact) mass is 475 g/mol. The van der Waals surface area contributed by atoms with Crippen LogP contribution in [-0.4, -0.2) is 37.6 Å². The van der Waals surface area contributed by atoms with E-state index < -0.39 is 5.97 Å². The van der Waals surface area contributed by atoms with Gasteiger partial charge in [0, 0.05) is 37.4 Å². The highest BCUT2D eigenvalue weighted by molar-refractivity contribution is 5.90. The number of esters is 1. The smallest absolute Gasteiger partial charge is 0.339 e. The van der Waals surface area contributed by atoms with Crippen molar-refractivity contribution in [2.75, 3.05) is 7.11 Å². The van der Waals surface area contributed by atoms with Crippen molar-refractivity contribution in [1.82, 2.24) is 24.5 Å². The number of benzene rings is 1. The van der Waals surface area contributed by atoms with Gasteiger partial charge in [0.15, 0.2) is 5.65 Å². The van der Waals surface area contributed by atoms with E-state index in [1.807, 2.05) is 54.6 Å². The van der Waals surface area contributed by atoms with Crippen LogP contribution in [0.4, 0.5) is 0 Å². The number of methoxy groups -OCH3 is 1. The molecule has 4 heterocycles. The molecule has 5 aromatic rings. The van der Waals surface area contributed by atoms with Gasteiger partial charge in [-0.05, 0) is 53.1 Å². The summed E-state index contributed by atoms with van der Waals surface area (Å²) in [7, 11) is 1.33. The molecule has 8 heteroatoms. The van der Waals surface area contributed by atoms with Gasteiger partial charge in [0.2, 0.25) is 0 Å². The van der Waals surface area contributed by atoms with Crippen molar-refractivity contribution in [3.8, 4) is 5.69 Å². The molecule has 0 N–H and O–H groups in total. The summed E-state index contributed by atoms with van der Waals surface area (Å²) in [6, 6.07) is 16.7. The number of nitrogens with zero attached hydrogens (tertiary/aromatic N) is 5. The second-order valence-corrected chi connectivity index (χ2v) is 8.01. The summed E-state index contributed by atoms with van der Waals surface area (Å²) in [4.78, 5) is 42.7. The van der Waals surface area contributed by atoms with Gasteiger partial charge in [-0.1, -0.05) is 30.4 Å². The van der Waals surface area contributed by atoms with Gasteiger partial charge < -0.3 is 4.74 Å². The Balaban J connectivity index is 1.55. The van der Waals surface area contributed by atoms with Gasteiger partial charge in [-0.2, -0.15) is 0 Å². The molecule has 36 heavy (non-hydrogen) atoms. The van der Waals surface area contributed by atoms with E-state index in [1.165, 1.54) is 13.3 Å². The van der Waals surface area contributed by atoms with Gasteiger partial charge >= 0.3 is 5.97 Å². The molecule has 0 aliphatic carbocycles. The minimum atomic E-state index is -0.446. The van der Waals surface area contributed by atoms with Crippen molar-refractivity contribution in [1.29, 1.82) is 0 Å². The number of rotatable bonds is 6. The molecule has 176 valence electrons. The molecule has 0 radical (unpaired) electrons. The highest BCUT2D eigenvalue weighted by Crippen LogP contribution is 2.18. The van der Waals surface area contributed by atoms with Crippen molar-refractivity contribution in [3.05, 3.63) is 124 Å². The molecule has 0 bridgehead atoms. The molecule has 4 aromatic heterocycles. The van der Waals surface area contributed by atoms with E-state index in [-0.39, 0.29) is 5.56 Å². The second kappa shape index (κ2) is 10.1. The number of aromatic nitrogens is 5. The number of hydrogen-bond donors (Lipinski definition) is 0. The van der Waals surface area contributed by atoms with Crippen molar-refractivity contribution in [3.63, 3.8) is 0 Å². The fourth-order valence-electron chi connectivity index (χ4n) is 3.86. The van der Waals surface area contributed by atoms with Gasteiger partial charge in [-0.15, -0.1) is 0 Å². The van der Waals surface area contributed by atoms with E-state index in [1.54, 1.807) is 41.5 Å². The van der Waals surface area contributed by atoms with E-state index in [0.29, 0.717) is 34.5 Å². The summed E-state index contributed by atoms with van der Waals surface area (Å²) < 4.78 is 6.35. The molecule has 5 rings (SSSR count). The maximum absolute atomic E-state index is 13.6. The minimum absolute atomic E-state index is 0.235. The molecule has 0 fully saturated rings. The second-order valence-electron chi connectivity index (χ2n) is 8.01. The molecule has 0 spiro atoms. The summed E-state index contributed by atoms with van der Waals surface area (Å²) >= 11 is 0. The zero-order chi connectivity index (χ0) is 24.9. The van der Waals surface area contributed by atoms with E-state index in [4.69, 9.17) is 4.74 Å². The maximum atomic E-state index is 13.6. The summed E-state index contributed by atoms with van der Waals surface area (Å²) in [5.74, 6) is -0.446. The standard InChI is InChI=1S/C28H21N5O3/c1-36-28(35)22-13-21(17-30-18-22)10-9-19-5-2-7-23(14-19)33-26-24(8-4-12-31-26)32-25(27(33)34)15-20-6-3-11-29-16-20/h2-14,16-18H,15H2,1H3/b10-9+. The Morgan fingerprint density at radius 1 is 0.944 bits per heavy atom. The van der Waals surface area contributed by atoms with E-state index in [2.05, 4.69) is 19.9 Å². The van der Waals surface area contributed by atoms with Crippen molar-refractivity contribution in [2.45, 2.75) is 6.42 Å². The van der Waals surface area contributed by atoms with Crippen LogP contribution in [0, 0.1) is 0 Å². The molecular weight excluding hydrogens is 454 g/mol. The van der Waals surface area contributed by atoms with Gasteiger partial charge in [0.05, 0.1) is 18.4 Å². The third-order valence-electron chi connectivity index (χ3n) is 5.55. The van der Waals surface area contributed by atoms with Gasteiger partial charge in [0.1, 0.15) is 11.2 Å². The molecule has 8 nitrogen and oxygen atoms in total. The normalized spacial score (nSPS) is 11.1. The highest BCUT2D eigenvalue weighted by atomic mass is 16.5. The maximum Gasteiger partial charge on any atom is 0.339 e. The molecule has 0 atom stereocenters. The molecular formula is C28H21N5O3. The number of carbonyl (C=O) groups is 1. The molecule has 0 aliphatic rings. The SMILES string of the molecule is COC(=O)c1cncc(/C=C/c2cccc(-n3c(=O)c(Cc4cccnc4)nc4cccnc43)c2)c1. The summed E-state index contributed by atoms with van der Waals surface area (Å²) in [5.41, 5.74) is 4.83. The van der Waals surface area contributed by atoms with E-state index in [0.717, 1.165) is 16.7 Å². The highest BCUT2D eigenvalue weighted by Gasteiger charge is 2.14. The summed E-state index contributed by atoms with van der Waals surface area (Å²) in [6.45, 7) is 0. The third kappa shape index (κ3) is 4.78. The third-order valence-corrected chi connectivity index (χ3v) is 5.55. The van der Waals surface area contributed by atoms with Crippen molar-refractivity contribution < 1.29 is 9.53 Å². The first kappa shape index (κ1) is 22.8. The topological polar surface area (TPSA) is 99.9 Å². The Hall–Kier alpha value is -4.98. The lowest BCUT2D eigenvalue weighted by atomic mass is 10.1. The fourth-order valence-corrected chi connectivity index (χ4v) is 3.86. The average Bonchev–Trinajstić information content (AvgIpc) is 2.93. The molecule has 1 aromatic carbocycles. The Morgan fingerprint density at radius 3 is 2.64 bits per heavy atom. The summed E-state index contributed by atoms with van der Waals surface area (Å²) in [6.07, 6.45) is 12.3. The number of pyridine rings is 3. The number of ether oxygens (including phenoxy) is 1. The largest absolute Gasteiger partial charge is 0.465 e. The van der Waals surface area contributed by atoms with Crippen molar-refractivity contribution >= 4 is 29.3 Å². The van der Waals surface area contributed by atoms with E-state index >= 15 is 0 Å². The van der Waals surface area contributed by atoms with E-state index in [9.17, 15) is 9.59 Å². The molecule has 0 unspecified atom stereocenters. The van der Waals surface area contributed by atoms with Crippen LogP contribution in [0.3, 0.4) is 0 Å². The first-order valence-electron chi connectivity index (χ1n) is 11.2. The van der Waals surface area contributed by atoms with Crippen LogP contribution in [0.5, 0.6) is 0 Å². The number of carbonyl (C=O) groups excluding carboxylic acids is 1. The van der Waals surface area contributed by atoms with Crippen LogP contribution in [-0.2, 0) is 11.2 Å². The van der Waals surface area contributed by atoms with Gasteiger partial charge in [0.25, 0.3) is 5.56 Å². The Bertz CT molecular complexity index is 1640. The predicted octanol–water partition coefficient (Wildman–Crippen LogP) is 4.12. The Labute approximate surface area is 206 Å². The molecule has 0 saturated heterocycles. The average molecular weight is 476 g/mol. The van der Waals surface area contributed by atoms with Crippen LogP contribution < -0.4 is 5.56 Å². The fraction of sp³-hybridized carbons (Fsp3) is 0.0714. The van der Waals surface area contributed by atoms with Crippen LogP contribution in [0.2, 0.25) is 0 Å². The quantitative estimate of drug-likeness (QED) is 0.341. The van der Waals surface area contributed by atoms with Gasteiger partial charge in [-0.25, -0.2) is 14.8 Å². The van der Waals surface area contributed by atoms with Crippen molar-refractivity contribution in [2.24, 2.45) is 0 Å². The number of fused-ring (bicyclic) bond motifs is 1. The first-order valence-corrected chi connectivity index (χ1v) is 11.2. The van der Waals surface area contributed by atoms with Crippen LogP contribution in [0.1, 0.15) is 32.7 Å². The zero-order valence-electron chi connectivity index (χ0n) is 19.4. The minimum Gasteiger partial charge on any atom is -0.465 e. The Morgan fingerprint density at radius 2 is 1.81 bits per heavy atom. The predicted molar refractivity (Wildman–Crippen MR) is 137 cm³/mol. The Kier molecular flexibility index (Phi) is 6.40. The molecule has 0 saturated carbocycles. The first-order chi connectivity index (χ1) is 17.6. The summed E-state index contributed by atoms with van der Waals surface area (Å²) in [5, 5.41) is 0.